The minimum absolute atomic E-state index is 0.131. The normalized spacial score (nSPS) is 22.6. The number of nitrogens with one attached hydrogen (secondary N) is 3. The summed E-state index contributed by atoms with van der Waals surface area (Å²) in [5.74, 6) is -0.680. The molecule has 3 atom stereocenters. The fourth-order valence-corrected chi connectivity index (χ4v) is 4.03. The third-order valence-electron chi connectivity index (χ3n) is 5.55. The van der Waals surface area contributed by atoms with Crippen LogP contribution in [-0.4, -0.2) is 52.5 Å². The molecule has 0 unspecified atom stereocenters. The Morgan fingerprint density at radius 3 is 2.68 bits per heavy atom. The number of piperazine rings is 1. The number of benzene rings is 2. The van der Waals surface area contributed by atoms with Crippen molar-refractivity contribution in [2.75, 3.05) is 6.54 Å². The van der Waals surface area contributed by atoms with Gasteiger partial charge in [0.1, 0.15) is 23.7 Å². The van der Waals surface area contributed by atoms with Crippen LogP contribution in [0.15, 0.2) is 48.5 Å². The van der Waals surface area contributed by atoms with Crippen molar-refractivity contribution in [2.45, 2.75) is 37.5 Å². The number of amides is 4. The van der Waals surface area contributed by atoms with Crippen molar-refractivity contribution in [2.24, 2.45) is 0 Å². The summed E-state index contributed by atoms with van der Waals surface area (Å²) in [6.07, 6.45) is 0.650. The van der Waals surface area contributed by atoms with Crippen molar-refractivity contribution < 1.29 is 23.9 Å². The molecule has 8 nitrogen and oxygen atoms in total. The molecule has 2 fully saturated rings. The van der Waals surface area contributed by atoms with Gasteiger partial charge >= 0.3 is 6.03 Å². The number of rotatable bonds is 5. The summed E-state index contributed by atoms with van der Waals surface area (Å²) in [7, 11) is 0. The van der Waals surface area contributed by atoms with Gasteiger partial charge in [-0.05, 0) is 41.8 Å². The zero-order chi connectivity index (χ0) is 22.0. The molecule has 0 aromatic heterocycles. The number of hydrogen-bond donors (Lipinski definition) is 4. The number of halogens is 1. The van der Waals surface area contributed by atoms with Gasteiger partial charge < -0.3 is 26.0 Å². The van der Waals surface area contributed by atoms with Gasteiger partial charge in [-0.15, -0.1) is 0 Å². The molecule has 31 heavy (non-hydrogen) atoms. The van der Waals surface area contributed by atoms with Gasteiger partial charge in [0.05, 0.1) is 6.04 Å². The summed E-state index contributed by atoms with van der Waals surface area (Å²) in [5, 5.41) is 17.6. The van der Waals surface area contributed by atoms with E-state index in [-0.39, 0.29) is 42.5 Å². The lowest BCUT2D eigenvalue weighted by atomic mass is 10.0. The Hall–Kier alpha value is -3.62. The second kappa shape index (κ2) is 8.63. The first-order valence-corrected chi connectivity index (χ1v) is 10.1. The minimum Gasteiger partial charge on any atom is -0.508 e. The standard InChI is InChI=1S/C22H23FN4O4/c23-15-3-1-2-14(8-15)11-24-22(31)25-16-10-19-20(29)26-18(21(30)27(19)12-16)9-13-4-6-17(28)7-5-13/h1-8,16,18-19,28H,9-12H2,(H,26,29)(H2,24,25,31)/t16-,18+,19-/m0/s1. The summed E-state index contributed by atoms with van der Waals surface area (Å²) in [6.45, 7) is 0.411. The number of fused-ring (bicyclic) bond motifs is 1. The van der Waals surface area contributed by atoms with E-state index in [0.29, 0.717) is 18.4 Å². The molecule has 4 N–H and O–H groups in total. The molecule has 0 radical (unpaired) electrons. The van der Waals surface area contributed by atoms with Crippen LogP contribution in [0.25, 0.3) is 0 Å². The van der Waals surface area contributed by atoms with Gasteiger partial charge in [0.25, 0.3) is 0 Å². The smallest absolute Gasteiger partial charge is 0.315 e. The monoisotopic (exact) mass is 426 g/mol. The second-order valence-corrected chi connectivity index (χ2v) is 7.83. The first kappa shape index (κ1) is 20.6. The number of phenolic OH excluding ortho intramolecular Hbond substituents is 1. The highest BCUT2D eigenvalue weighted by molar-refractivity contribution is 5.97. The van der Waals surface area contributed by atoms with Gasteiger partial charge in [0.2, 0.25) is 11.8 Å². The summed E-state index contributed by atoms with van der Waals surface area (Å²) in [6, 6.07) is 10.3. The fraction of sp³-hybridized carbons (Fsp3) is 0.318. The van der Waals surface area contributed by atoms with Crippen molar-refractivity contribution in [1.29, 1.82) is 0 Å². The Kier molecular flexibility index (Phi) is 5.75. The molecule has 2 saturated heterocycles. The lowest BCUT2D eigenvalue weighted by molar-refractivity contribution is -0.147. The van der Waals surface area contributed by atoms with E-state index in [1.165, 1.54) is 29.2 Å². The summed E-state index contributed by atoms with van der Waals surface area (Å²) >= 11 is 0. The topological polar surface area (TPSA) is 111 Å². The van der Waals surface area contributed by atoms with Gasteiger partial charge in [-0.2, -0.15) is 0 Å². The van der Waals surface area contributed by atoms with Gasteiger partial charge in [0.15, 0.2) is 0 Å². The molecule has 2 aromatic carbocycles. The number of urea groups is 1. The quantitative estimate of drug-likeness (QED) is 0.573. The van der Waals surface area contributed by atoms with Crippen LogP contribution in [0, 0.1) is 5.82 Å². The second-order valence-electron chi connectivity index (χ2n) is 7.83. The third-order valence-corrected chi connectivity index (χ3v) is 5.55. The first-order valence-electron chi connectivity index (χ1n) is 10.1. The van der Waals surface area contributed by atoms with Gasteiger partial charge in [0, 0.05) is 19.5 Å². The maximum absolute atomic E-state index is 13.2. The zero-order valence-electron chi connectivity index (χ0n) is 16.7. The van der Waals surface area contributed by atoms with Gasteiger partial charge in [-0.1, -0.05) is 24.3 Å². The predicted octanol–water partition coefficient (Wildman–Crippen LogP) is 1.04. The number of nitrogens with zero attached hydrogens (tertiary/aromatic N) is 1. The maximum atomic E-state index is 13.2. The van der Waals surface area contributed by atoms with Crippen LogP contribution in [0.3, 0.4) is 0 Å². The summed E-state index contributed by atoms with van der Waals surface area (Å²) < 4.78 is 13.2. The van der Waals surface area contributed by atoms with E-state index in [1.807, 2.05) is 0 Å². The molecule has 0 aliphatic carbocycles. The van der Waals surface area contributed by atoms with E-state index < -0.39 is 18.1 Å². The largest absolute Gasteiger partial charge is 0.508 e. The SMILES string of the molecule is O=C(NCc1cccc(F)c1)N[C@H]1C[C@H]2C(=O)N[C@H](Cc3ccc(O)cc3)C(=O)N2C1. The highest BCUT2D eigenvalue weighted by Gasteiger charge is 2.46. The van der Waals surface area contributed by atoms with Crippen LogP contribution >= 0.6 is 0 Å². The Morgan fingerprint density at radius 1 is 1.16 bits per heavy atom. The van der Waals surface area contributed by atoms with Crippen LogP contribution in [0.4, 0.5) is 9.18 Å². The molecule has 0 bridgehead atoms. The van der Waals surface area contributed by atoms with Crippen LogP contribution in [0.2, 0.25) is 0 Å². The van der Waals surface area contributed by atoms with E-state index >= 15 is 0 Å². The van der Waals surface area contributed by atoms with E-state index in [1.54, 1.807) is 24.3 Å². The minimum atomic E-state index is -0.686. The molecule has 2 aliphatic heterocycles. The Labute approximate surface area is 178 Å². The summed E-state index contributed by atoms with van der Waals surface area (Å²) in [4.78, 5) is 39.2. The fourth-order valence-electron chi connectivity index (χ4n) is 4.03. The van der Waals surface area contributed by atoms with E-state index in [4.69, 9.17) is 0 Å². The van der Waals surface area contributed by atoms with E-state index in [9.17, 15) is 23.9 Å². The third kappa shape index (κ3) is 4.76. The molecule has 2 aromatic rings. The summed E-state index contributed by atoms with van der Waals surface area (Å²) in [5.41, 5.74) is 1.45. The maximum Gasteiger partial charge on any atom is 0.315 e. The predicted molar refractivity (Wildman–Crippen MR) is 109 cm³/mol. The van der Waals surface area contributed by atoms with Crippen molar-refractivity contribution >= 4 is 17.8 Å². The Morgan fingerprint density at radius 2 is 1.94 bits per heavy atom. The van der Waals surface area contributed by atoms with Crippen LogP contribution in [-0.2, 0) is 22.6 Å². The van der Waals surface area contributed by atoms with E-state index in [0.717, 1.165) is 5.56 Å². The molecule has 162 valence electrons. The molecule has 2 aliphatic rings. The first-order chi connectivity index (χ1) is 14.9. The van der Waals surface area contributed by atoms with Crippen molar-refractivity contribution in [3.05, 3.63) is 65.5 Å². The Balaban J connectivity index is 1.32. The molecule has 9 heteroatoms. The van der Waals surface area contributed by atoms with Gasteiger partial charge in [-0.25, -0.2) is 9.18 Å². The average molecular weight is 426 g/mol. The number of phenols is 1. The van der Waals surface area contributed by atoms with Crippen LogP contribution < -0.4 is 16.0 Å². The number of carbonyl (C=O) groups is 3. The lowest BCUT2D eigenvalue weighted by Gasteiger charge is -2.34. The van der Waals surface area contributed by atoms with Crippen molar-refractivity contribution in [3.63, 3.8) is 0 Å². The molecule has 4 rings (SSSR count). The lowest BCUT2D eigenvalue weighted by Crippen LogP contribution is -2.61. The zero-order valence-corrected chi connectivity index (χ0v) is 16.7. The van der Waals surface area contributed by atoms with Crippen LogP contribution in [0.1, 0.15) is 17.5 Å². The number of aromatic hydroxyl groups is 1. The molecule has 2 heterocycles. The molecular weight excluding hydrogens is 403 g/mol. The highest BCUT2D eigenvalue weighted by Crippen LogP contribution is 2.24. The Bertz CT molecular complexity index is 997. The number of hydrogen-bond acceptors (Lipinski definition) is 4. The van der Waals surface area contributed by atoms with Crippen molar-refractivity contribution in [1.82, 2.24) is 20.9 Å². The molecule has 0 spiro atoms. The van der Waals surface area contributed by atoms with Crippen molar-refractivity contribution in [3.8, 4) is 5.75 Å². The van der Waals surface area contributed by atoms with Crippen LogP contribution in [0.5, 0.6) is 5.75 Å². The average Bonchev–Trinajstić information content (AvgIpc) is 3.16. The number of carbonyl (C=O) groups excluding carboxylic acids is 3. The molecular formula is C22H23FN4O4. The van der Waals surface area contributed by atoms with E-state index in [2.05, 4.69) is 16.0 Å². The molecule has 0 saturated carbocycles. The highest BCUT2D eigenvalue weighted by atomic mass is 19.1. The van der Waals surface area contributed by atoms with Gasteiger partial charge in [-0.3, -0.25) is 9.59 Å². The molecule has 4 amide bonds.